The molecule has 0 aromatic heterocycles. The van der Waals surface area contributed by atoms with Crippen molar-refractivity contribution in [2.24, 2.45) is 0 Å². The Morgan fingerprint density at radius 1 is 1.33 bits per heavy atom. The molecule has 1 aromatic carbocycles. The third-order valence-electron chi connectivity index (χ3n) is 2.13. The minimum atomic E-state index is -0.657. The summed E-state index contributed by atoms with van der Waals surface area (Å²) in [5, 5.41) is 2.44. The average Bonchev–Trinajstić information content (AvgIpc) is 2.33. The predicted molar refractivity (Wildman–Crippen MR) is 82.2 cm³/mol. The second kappa shape index (κ2) is 7.53. The number of rotatable bonds is 2. The van der Waals surface area contributed by atoms with Gasteiger partial charge in [-0.25, -0.2) is 9.18 Å². The summed E-state index contributed by atoms with van der Waals surface area (Å²) in [6, 6.07) is 2.80. The number of ether oxygens (including phenoxy) is 1. The van der Waals surface area contributed by atoms with Crippen LogP contribution in [-0.2, 0) is 4.74 Å². The Bertz CT molecular complexity index is 563. The quantitative estimate of drug-likeness (QED) is 0.495. The van der Waals surface area contributed by atoms with Crippen LogP contribution in [0.1, 0.15) is 32.8 Å². The van der Waals surface area contributed by atoms with Crippen molar-refractivity contribution < 1.29 is 13.9 Å². The van der Waals surface area contributed by atoms with Gasteiger partial charge in [0.15, 0.2) is 5.82 Å². The van der Waals surface area contributed by atoms with E-state index in [0.717, 1.165) is 0 Å². The van der Waals surface area contributed by atoms with Crippen LogP contribution in [0.25, 0.3) is 0 Å². The molecule has 1 N–H and O–H groups in total. The molecule has 0 heterocycles. The lowest BCUT2D eigenvalue weighted by Crippen LogP contribution is -2.32. The third-order valence-corrected chi connectivity index (χ3v) is 2.68. The van der Waals surface area contributed by atoms with Crippen molar-refractivity contribution in [2.75, 3.05) is 6.54 Å². The maximum absolute atomic E-state index is 13.2. The Morgan fingerprint density at radius 2 is 1.90 bits per heavy atom. The first kappa shape index (κ1) is 17.6. The van der Waals surface area contributed by atoms with Gasteiger partial charge >= 0.3 is 6.09 Å². The fraction of sp³-hybridized carbons (Fsp3) is 0.400. The van der Waals surface area contributed by atoms with E-state index < -0.39 is 17.5 Å². The van der Waals surface area contributed by atoms with Crippen LogP contribution in [0.4, 0.5) is 9.18 Å². The van der Waals surface area contributed by atoms with Crippen LogP contribution < -0.4 is 5.32 Å². The molecule has 0 saturated carbocycles. The van der Waals surface area contributed by atoms with Gasteiger partial charge in [-0.3, -0.25) is 0 Å². The van der Waals surface area contributed by atoms with Crippen LogP contribution in [0.3, 0.4) is 0 Å². The minimum Gasteiger partial charge on any atom is -0.444 e. The molecule has 114 valence electrons. The largest absolute Gasteiger partial charge is 0.444 e. The average molecular weight is 332 g/mol. The first-order valence-corrected chi connectivity index (χ1v) is 7.05. The summed E-state index contributed by atoms with van der Waals surface area (Å²) in [6.45, 7) is 5.71. The topological polar surface area (TPSA) is 38.3 Å². The summed E-state index contributed by atoms with van der Waals surface area (Å²) >= 11 is 11.3. The van der Waals surface area contributed by atoms with Crippen LogP contribution in [0, 0.1) is 17.7 Å². The van der Waals surface area contributed by atoms with Crippen molar-refractivity contribution in [3.05, 3.63) is 33.6 Å². The van der Waals surface area contributed by atoms with Gasteiger partial charge in [0.1, 0.15) is 5.60 Å². The monoisotopic (exact) mass is 331 g/mol. The lowest BCUT2D eigenvalue weighted by Gasteiger charge is -2.19. The molecule has 0 aliphatic rings. The van der Waals surface area contributed by atoms with E-state index in [1.165, 1.54) is 12.1 Å². The molecular formula is C15H16Cl2FNO2. The summed E-state index contributed by atoms with van der Waals surface area (Å²) in [4.78, 5) is 11.4. The van der Waals surface area contributed by atoms with Crippen molar-refractivity contribution in [1.82, 2.24) is 5.32 Å². The lowest BCUT2D eigenvalue weighted by molar-refractivity contribution is 0.0529. The molecule has 0 radical (unpaired) electrons. The molecule has 0 atom stereocenters. The van der Waals surface area contributed by atoms with E-state index in [2.05, 4.69) is 17.2 Å². The number of alkyl carbamates (subject to hydrolysis) is 1. The number of amides is 1. The van der Waals surface area contributed by atoms with E-state index in [4.69, 9.17) is 27.9 Å². The van der Waals surface area contributed by atoms with E-state index in [-0.39, 0.29) is 10.0 Å². The summed E-state index contributed by atoms with van der Waals surface area (Å²) in [5.74, 6) is 4.97. The van der Waals surface area contributed by atoms with Gasteiger partial charge in [-0.15, -0.1) is 0 Å². The van der Waals surface area contributed by atoms with Crippen molar-refractivity contribution in [1.29, 1.82) is 0 Å². The normalized spacial score (nSPS) is 10.6. The number of hydrogen-bond donors (Lipinski definition) is 1. The molecule has 1 rings (SSSR count). The van der Waals surface area contributed by atoms with E-state index in [1.54, 1.807) is 20.8 Å². The first-order valence-electron chi connectivity index (χ1n) is 6.29. The molecule has 0 aliphatic heterocycles. The highest BCUT2D eigenvalue weighted by Crippen LogP contribution is 2.24. The van der Waals surface area contributed by atoms with Crippen LogP contribution in [-0.4, -0.2) is 18.2 Å². The molecule has 0 unspecified atom stereocenters. The van der Waals surface area contributed by atoms with Crippen molar-refractivity contribution in [2.45, 2.75) is 32.8 Å². The molecule has 6 heteroatoms. The van der Waals surface area contributed by atoms with Crippen LogP contribution in [0.2, 0.25) is 10.0 Å². The van der Waals surface area contributed by atoms with Crippen LogP contribution in [0.15, 0.2) is 12.1 Å². The zero-order chi connectivity index (χ0) is 16.0. The van der Waals surface area contributed by atoms with Crippen molar-refractivity contribution in [3.8, 4) is 11.8 Å². The van der Waals surface area contributed by atoms with Crippen LogP contribution >= 0.6 is 23.2 Å². The fourth-order valence-corrected chi connectivity index (χ4v) is 1.82. The van der Waals surface area contributed by atoms with E-state index in [0.29, 0.717) is 18.5 Å². The number of carbonyl (C=O) groups is 1. The Hall–Kier alpha value is -1.44. The lowest BCUT2D eigenvalue weighted by atomic mass is 10.2. The summed E-state index contributed by atoms with van der Waals surface area (Å²) in [7, 11) is 0. The van der Waals surface area contributed by atoms with E-state index in [9.17, 15) is 9.18 Å². The van der Waals surface area contributed by atoms with Crippen molar-refractivity contribution >= 4 is 29.3 Å². The molecule has 1 aromatic rings. The SMILES string of the molecule is CC(C)(C)OC(=O)NCCC#Cc1cc(Cl)c(F)c(Cl)c1. The summed E-state index contributed by atoms with van der Waals surface area (Å²) in [6.07, 6.45) is -0.0663. The highest BCUT2D eigenvalue weighted by molar-refractivity contribution is 6.35. The maximum atomic E-state index is 13.2. The molecule has 1 amide bonds. The molecular weight excluding hydrogens is 316 g/mol. The second-order valence-electron chi connectivity index (χ2n) is 5.23. The van der Waals surface area contributed by atoms with E-state index >= 15 is 0 Å². The van der Waals surface area contributed by atoms with Gasteiger partial charge in [-0.05, 0) is 32.9 Å². The summed E-state index contributed by atoms with van der Waals surface area (Å²) in [5.41, 5.74) is -0.0131. The van der Waals surface area contributed by atoms with Gasteiger partial charge in [0.2, 0.25) is 0 Å². The van der Waals surface area contributed by atoms with Crippen molar-refractivity contribution in [3.63, 3.8) is 0 Å². The van der Waals surface area contributed by atoms with Crippen LogP contribution in [0.5, 0.6) is 0 Å². The predicted octanol–water partition coefficient (Wildman–Crippen LogP) is 4.40. The highest BCUT2D eigenvalue weighted by Gasteiger charge is 2.15. The fourth-order valence-electron chi connectivity index (χ4n) is 1.33. The van der Waals surface area contributed by atoms with Gasteiger partial charge in [0.05, 0.1) is 10.0 Å². The third kappa shape index (κ3) is 6.70. The molecule has 0 fully saturated rings. The molecule has 0 aliphatic carbocycles. The number of carbonyl (C=O) groups excluding carboxylic acids is 1. The maximum Gasteiger partial charge on any atom is 0.407 e. The zero-order valence-electron chi connectivity index (χ0n) is 12.0. The van der Waals surface area contributed by atoms with Gasteiger partial charge in [-0.2, -0.15) is 0 Å². The number of benzene rings is 1. The highest BCUT2D eigenvalue weighted by atomic mass is 35.5. The smallest absolute Gasteiger partial charge is 0.407 e. The van der Waals surface area contributed by atoms with Gasteiger partial charge in [-0.1, -0.05) is 35.0 Å². The Morgan fingerprint density at radius 3 is 2.43 bits per heavy atom. The number of nitrogens with one attached hydrogen (secondary N) is 1. The van der Waals surface area contributed by atoms with Gasteiger partial charge in [0, 0.05) is 18.5 Å². The molecule has 3 nitrogen and oxygen atoms in total. The second-order valence-corrected chi connectivity index (χ2v) is 6.05. The Labute approximate surface area is 133 Å². The number of hydrogen-bond acceptors (Lipinski definition) is 2. The zero-order valence-corrected chi connectivity index (χ0v) is 13.5. The standard InChI is InChI=1S/C15H16Cl2FNO2/c1-15(2,3)21-14(20)19-7-5-4-6-10-8-11(16)13(18)12(17)9-10/h8-9H,5,7H2,1-3H3,(H,19,20). The van der Waals surface area contributed by atoms with Gasteiger partial charge < -0.3 is 10.1 Å². The molecule has 0 spiro atoms. The Kier molecular flexibility index (Phi) is 6.32. The first-order chi connectivity index (χ1) is 9.69. The minimum absolute atomic E-state index is 0.0707. The van der Waals surface area contributed by atoms with E-state index in [1.807, 2.05) is 0 Å². The number of halogens is 3. The van der Waals surface area contributed by atoms with Gasteiger partial charge in [0.25, 0.3) is 0 Å². The molecule has 0 bridgehead atoms. The Balaban J connectivity index is 2.46. The molecule has 0 saturated heterocycles. The molecule has 21 heavy (non-hydrogen) atoms. The summed E-state index contributed by atoms with van der Waals surface area (Å²) < 4.78 is 18.3.